The Kier molecular flexibility index (Phi) is 5.41. The summed E-state index contributed by atoms with van der Waals surface area (Å²) in [6.07, 6.45) is 7.43. The summed E-state index contributed by atoms with van der Waals surface area (Å²) < 4.78 is 33.2. The lowest BCUT2D eigenvalue weighted by Gasteiger charge is -2.31. The normalized spacial score (nSPS) is 22.9. The van der Waals surface area contributed by atoms with Crippen LogP contribution >= 0.6 is 0 Å². The molecule has 0 radical (unpaired) electrons. The number of benzene rings is 1. The van der Waals surface area contributed by atoms with Crippen molar-refractivity contribution in [3.8, 4) is 6.01 Å². The van der Waals surface area contributed by atoms with Crippen molar-refractivity contribution in [2.45, 2.75) is 29.6 Å². The van der Waals surface area contributed by atoms with Crippen molar-refractivity contribution in [2.24, 2.45) is 16.5 Å². The molecule has 4 rings (SSSR count). The molecule has 2 aliphatic heterocycles. The zero-order valence-corrected chi connectivity index (χ0v) is 17.0. The number of ether oxygens (including phenoxy) is 1. The van der Waals surface area contributed by atoms with Crippen LogP contribution in [0.25, 0.3) is 0 Å². The zero-order chi connectivity index (χ0) is 21.2. The molecule has 0 bridgehead atoms. The highest BCUT2D eigenvalue weighted by Crippen LogP contribution is 2.25. The molecule has 0 aliphatic carbocycles. The molecule has 1 fully saturated rings. The highest BCUT2D eigenvalue weighted by atomic mass is 32.2. The van der Waals surface area contributed by atoms with Crippen LogP contribution in [0.2, 0.25) is 0 Å². The number of hydrogen-bond acceptors (Lipinski definition) is 9. The summed E-state index contributed by atoms with van der Waals surface area (Å²) in [5.41, 5.74) is 12.6. The summed E-state index contributed by atoms with van der Waals surface area (Å²) in [5, 5.41) is 2.93. The number of rotatable bonds is 5. The number of aliphatic imine (C=N–C) groups is 1. The molecular weight excluding hydrogens is 406 g/mol. The van der Waals surface area contributed by atoms with Crippen molar-refractivity contribution in [3.05, 3.63) is 60.6 Å². The quantitative estimate of drug-likeness (QED) is 0.612. The molecule has 0 amide bonds. The first-order chi connectivity index (χ1) is 14.4. The Bertz CT molecular complexity index is 1050. The van der Waals surface area contributed by atoms with Gasteiger partial charge in [-0.05, 0) is 37.1 Å². The first-order valence-corrected chi connectivity index (χ1v) is 10.9. The molecule has 1 atom stereocenters. The molecule has 2 aromatic rings. The number of aromatic nitrogens is 2. The minimum Gasteiger partial charge on any atom is -0.460 e. The highest BCUT2D eigenvalue weighted by molar-refractivity contribution is 7.89. The molecule has 158 valence electrons. The fourth-order valence-electron chi connectivity index (χ4n) is 3.39. The third-order valence-corrected chi connectivity index (χ3v) is 6.92. The second-order valence-electron chi connectivity index (χ2n) is 7.06. The highest BCUT2D eigenvalue weighted by Gasteiger charge is 2.32. The Morgan fingerprint density at radius 2 is 1.80 bits per heavy atom. The fraction of sp³-hybridized carbons (Fsp3) is 0.316. The van der Waals surface area contributed by atoms with E-state index in [-0.39, 0.29) is 11.0 Å². The van der Waals surface area contributed by atoms with Crippen molar-refractivity contribution in [3.63, 3.8) is 0 Å². The number of sulfonamides is 1. The van der Waals surface area contributed by atoms with Gasteiger partial charge in [0.1, 0.15) is 11.9 Å². The fourth-order valence-corrected chi connectivity index (χ4v) is 4.86. The lowest BCUT2D eigenvalue weighted by Crippen LogP contribution is -2.49. The molecule has 1 unspecified atom stereocenters. The van der Waals surface area contributed by atoms with Crippen LogP contribution in [0.1, 0.15) is 18.4 Å². The Balaban J connectivity index is 1.42. The summed E-state index contributed by atoms with van der Waals surface area (Å²) in [6.45, 7) is 0.713. The number of piperidine rings is 1. The molecule has 1 saturated heterocycles. The van der Waals surface area contributed by atoms with E-state index in [1.165, 1.54) is 16.4 Å². The maximum Gasteiger partial charge on any atom is 0.316 e. The number of amidine groups is 1. The van der Waals surface area contributed by atoms with Gasteiger partial charge in [-0.25, -0.2) is 23.4 Å². The largest absolute Gasteiger partial charge is 0.460 e. The van der Waals surface area contributed by atoms with Gasteiger partial charge in [0.05, 0.1) is 4.90 Å². The van der Waals surface area contributed by atoms with Crippen molar-refractivity contribution in [1.82, 2.24) is 19.6 Å². The van der Waals surface area contributed by atoms with Crippen LogP contribution in [-0.4, -0.2) is 47.7 Å². The van der Waals surface area contributed by atoms with Gasteiger partial charge in [0.25, 0.3) is 0 Å². The average molecular weight is 430 g/mol. The van der Waals surface area contributed by atoms with Crippen molar-refractivity contribution < 1.29 is 13.2 Å². The van der Waals surface area contributed by atoms with Gasteiger partial charge in [0.15, 0.2) is 0 Å². The second kappa shape index (κ2) is 8.01. The first kappa shape index (κ1) is 20.3. The Morgan fingerprint density at radius 1 is 1.13 bits per heavy atom. The smallest absolute Gasteiger partial charge is 0.316 e. The Morgan fingerprint density at radius 3 is 2.43 bits per heavy atom. The van der Waals surface area contributed by atoms with E-state index in [0.29, 0.717) is 43.3 Å². The van der Waals surface area contributed by atoms with Crippen LogP contribution in [0.5, 0.6) is 6.01 Å². The summed E-state index contributed by atoms with van der Waals surface area (Å²) in [7, 11) is -3.63. The van der Waals surface area contributed by atoms with Crippen molar-refractivity contribution in [2.75, 3.05) is 13.1 Å². The number of hydrogen-bond donors (Lipinski definition) is 3. The minimum absolute atomic E-state index is 0.118. The standard InChI is InChI=1S/C19H23N7O3S/c20-17-6-11-24-19(21,25-17)14-2-4-16(5-3-14)30(27,28)26-12-7-15(8-13-26)29-18-22-9-1-10-23-18/h1-6,9-11,15,24H,7-8,12-13,21H2,(H2,20,25). The lowest BCUT2D eigenvalue weighted by molar-refractivity contribution is 0.124. The SMILES string of the molecule is NC1=NC(N)(c2ccc(S(=O)(=O)N3CCC(Oc4ncccn4)CC3)cc2)NC=C1. The van der Waals surface area contributed by atoms with E-state index < -0.39 is 15.8 Å². The molecule has 30 heavy (non-hydrogen) atoms. The van der Waals surface area contributed by atoms with Crippen LogP contribution in [-0.2, 0) is 15.8 Å². The maximum absolute atomic E-state index is 13.0. The van der Waals surface area contributed by atoms with E-state index in [2.05, 4.69) is 20.3 Å². The maximum atomic E-state index is 13.0. The molecule has 0 spiro atoms. The average Bonchev–Trinajstić information content (AvgIpc) is 2.75. The predicted molar refractivity (Wildman–Crippen MR) is 111 cm³/mol. The van der Waals surface area contributed by atoms with Crippen molar-refractivity contribution >= 4 is 15.9 Å². The third-order valence-electron chi connectivity index (χ3n) is 5.01. The topological polar surface area (TPSA) is 149 Å². The van der Waals surface area contributed by atoms with Gasteiger partial charge in [-0.2, -0.15) is 4.31 Å². The van der Waals surface area contributed by atoms with Crippen LogP contribution in [0.15, 0.2) is 64.9 Å². The van der Waals surface area contributed by atoms with Gasteiger partial charge in [-0.15, -0.1) is 0 Å². The number of nitrogens with two attached hydrogens (primary N) is 2. The molecule has 5 N–H and O–H groups in total. The molecule has 1 aromatic carbocycles. The molecule has 11 heteroatoms. The monoisotopic (exact) mass is 429 g/mol. The van der Waals surface area contributed by atoms with E-state index in [9.17, 15) is 8.42 Å². The van der Waals surface area contributed by atoms with Gasteiger partial charge in [-0.3, -0.25) is 5.73 Å². The minimum atomic E-state index is -3.63. The molecule has 10 nitrogen and oxygen atoms in total. The summed E-state index contributed by atoms with van der Waals surface area (Å²) in [5.74, 6) is -0.935. The predicted octanol–water partition coefficient (Wildman–Crippen LogP) is 0.252. The summed E-state index contributed by atoms with van der Waals surface area (Å²) >= 11 is 0. The third kappa shape index (κ3) is 4.13. The van der Waals surface area contributed by atoms with E-state index in [1.54, 1.807) is 42.9 Å². The van der Waals surface area contributed by atoms with Gasteiger partial charge in [0.2, 0.25) is 15.8 Å². The van der Waals surface area contributed by atoms with E-state index in [1.807, 2.05) is 0 Å². The molecule has 2 aliphatic rings. The van der Waals surface area contributed by atoms with E-state index >= 15 is 0 Å². The Labute approximate surface area is 174 Å². The molecule has 0 saturated carbocycles. The Hall–Kier alpha value is -3.02. The lowest BCUT2D eigenvalue weighted by atomic mass is 10.1. The van der Waals surface area contributed by atoms with E-state index in [4.69, 9.17) is 16.2 Å². The second-order valence-corrected chi connectivity index (χ2v) is 9.00. The van der Waals surface area contributed by atoms with Crippen LogP contribution in [0.3, 0.4) is 0 Å². The molecule has 1 aromatic heterocycles. The van der Waals surface area contributed by atoms with Crippen LogP contribution in [0, 0.1) is 0 Å². The number of nitrogens with one attached hydrogen (secondary N) is 1. The first-order valence-electron chi connectivity index (χ1n) is 9.50. The van der Waals surface area contributed by atoms with Gasteiger partial charge >= 0.3 is 6.01 Å². The number of nitrogens with zero attached hydrogens (tertiary/aromatic N) is 4. The van der Waals surface area contributed by atoms with Crippen LogP contribution < -0.4 is 21.5 Å². The van der Waals surface area contributed by atoms with Gasteiger partial charge in [0, 0.05) is 37.2 Å². The summed E-state index contributed by atoms with van der Waals surface area (Å²) in [6, 6.07) is 8.36. The van der Waals surface area contributed by atoms with Crippen molar-refractivity contribution in [1.29, 1.82) is 0 Å². The summed E-state index contributed by atoms with van der Waals surface area (Å²) in [4.78, 5) is 12.5. The van der Waals surface area contributed by atoms with Crippen LogP contribution in [0.4, 0.5) is 0 Å². The zero-order valence-electron chi connectivity index (χ0n) is 16.2. The van der Waals surface area contributed by atoms with E-state index in [0.717, 1.165) is 0 Å². The molecular formula is C19H23N7O3S. The molecule has 3 heterocycles. The van der Waals surface area contributed by atoms with Gasteiger partial charge in [-0.1, -0.05) is 12.1 Å². The van der Waals surface area contributed by atoms with Gasteiger partial charge < -0.3 is 15.8 Å².